The molecule has 0 spiro atoms. The van der Waals surface area contributed by atoms with Crippen molar-refractivity contribution in [1.29, 1.82) is 0 Å². The molecule has 0 aliphatic heterocycles. The van der Waals surface area contributed by atoms with Crippen molar-refractivity contribution < 1.29 is 9.90 Å². The fourth-order valence-corrected chi connectivity index (χ4v) is 0.214. The third-order valence-electron chi connectivity index (χ3n) is 0.464. The van der Waals surface area contributed by atoms with Gasteiger partial charge < -0.3 is 5.11 Å². The van der Waals surface area contributed by atoms with Crippen molar-refractivity contribution in [3.63, 3.8) is 0 Å². The van der Waals surface area contributed by atoms with Crippen LogP contribution in [0.1, 0.15) is 19.8 Å². The molecule has 0 atom stereocenters. The molecule has 0 fully saturated rings. The Labute approximate surface area is 73.4 Å². The summed E-state index contributed by atoms with van der Waals surface area (Å²) in [6.45, 7) is 1.84. The topological polar surface area (TPSA) is 37.3 Å². The Kier molecular flexibility index (Phi) is 21.0. The van der Waals surface area contributed by atoms with E-state index in [9.17, 15) is 4.79 Å². The van der Waals surface area contributed by atoms with E-state index >= 15 is 0 Å². The molecule has 4 heteroatoms. The zero-order valence-corrected chi connectivity index (χ0v) is 3.77. The Balaban J connectivity index is -0.000000125. The van der Waals surface area contributed by atoms with Gasteiger partial charge in [0.1, 0.15) is 0 Å². The molecule has 0 aliphatic rings. The first-order valence-corrected chi connectivity index (χ1v) is 1.99. The molecule has 0 radical (unpaired) electrons. The summed E-state index contributed by atoms with van der Waals surface area (Å²) in [5, 5.41) is 7.91. The standard InChI is InChI=1S/C4H8O2.2Li.2H/c1-2-3-4(5)6;;;;/h2-3H2,1H3,(H,5,6);;;;. The Bertz CT molecular complexity index is 56.0. The molecule has 1 N–H and O–H groups in total. The van der Waals surface area contributed by atoms with Crippen LogP contribution in [0.3, 0.4) is 0 Å². The third kappa shape index (κ3) is 15.9. The summed E-state index contributed by atoms with van der Waals surface area (Å²) in [4.78, 5) is 9.60. The van der Waals surface area contributed by atoms with Gasteiger partial charge in [-0.1, -0.05) is 6.92 Å². The molecule has 0 saturated carbocycles. The second kappa shape index (κ2) is 10.6. The second-order valence-electron chi connectivity index (χ2n) is 1.14. The van der Waals surface area contributed by atoms with Gasteiger partial charge in [-0.05, 0) is 6.42 Å². The van der Waals surface area contributed by atoms with Gasteiger partial charge in [0, 0.05) is 6.42 Å². The first-order valence-electron chi connectivity index (χ1n) is 1.99. The fraction of sp³-hybridized carbons (Fsp3) is 0.750. The maximum absolute atomic E-state index is 9.60. The van der Waals surface area contributed by atoms with E-state index in [1.165, 1.54) is 0 Å². The van der Waals surface area contributed by atoms with Crippen molar-refractivity contribution in [1.82, 2.24) is 0 Å². The van der Waals surface area contributed by atoms with Crippen LogP contribution in [-0.4, -0.2) is 48.8 Å². The molecule has 0 aromatic heterocycles. The number of carboxylic acids is 1. The van der Waals surface area contributed by atoms with Gasteiger partial charge in [-0.25, -0.2) is 0 Å². The van der Waals surface area contributed by atoms with E-state index in [1.54, 1.807) is 0 Å². The van der Waals surface area contributed by atoms with Crippen LogP contribution in [0.5, 0.6) is 0 Å². The number of hydrogen-bond acceptors (Lipinski definition) is 1. The summed E-state index contributed by atoms with van der Waals surface area (Å²) >= 11 is 0. The van der Waals surface area contributed by atoms with Crippen LogP contribution in [0.4, 0.5) is 0 Å². The van der Waals surface area contributed by atoms with Crippen molar-refractivity contribution in [2.75, 3.05) is 0 Å². The van der Waals surface area contributed by atoms with Crippen LogP contribution in [0, 0.1) is 0 Å². The number of carbonyl (C=O) groups is 1. The van der Waals surface area contributed by atoms with Crippen molar-refractivity contribution >= 4 is 43.7 Å². The third-order valence-corrected chi connectivity index (χ3v) is 0.464. The molecule has 8 heavy (non-hydrogen) atoms. The molecule has 0 unspecified atom stereocenters. The van der Waals surface area contributed by atoms with E-state index in [4.69, 9.17) is 5.11 Å². The minimum absolute atomic E-state index is 0. The number of hydrogen-bond donors (Lipinski definition) is 1. The van der Waals surface area contributed by atoms with E-state index in [-0.39, 0.29) is 37.7 Å². The second-order valence-corrected chi connectivity index (χ2v) is 1.14. The molecule has 0 saturated heterocycles. The Morgan fingerprint density at radius 2 is 1.88 bits per heavy atom. The van der Waals surface area contributed by atoms with Crippen molar-refractivity contribution in [2.45, 2.75) is 19.8 Å². The van der Waals surface area contributed by atoms with Crippen molar-refractivity contribution in [2.24, 2.45) is 0 Å². The fourth-order valence-electron chi connectivity index (χ4n) is 0.214. The normalized spacial score (nSPS) is 6.12. The first-order chi connectivity index (χ1) is 2.77. The zero-order chi connectivity index (χ0) is 4.99. The summed E-state index contributed by atoms with van der Waals surface area (Å²) in [6, 6.07) is 0. The van der Waals surface area contributed by atoms with Crippen LogP contribution < -0.4 is 0 Å². The Morgan fingerprint density at radius 3 is 1.88 bits per heavy atom. The van der Waals surface area contributed by atoms with E-state index < -0.39 is 5.97 Å². The Morgan fingerprint density at radius 1 is 1.50 bits per heavy atom. The van der Waals surface area contributed by atoms with E-state index in [1.807, 2.05) is 6.92 Å². The SMILES string of the molecule is CCCC(=O)O.[LiH].[LiH]. The van der Waals surface area contributed by atoms with Crippen molar-refractivity contribution in [3.05, 3.63) is 0 Å². The maximum atomic E-state index is 9.60. The van der Waals surface area contributed by atoms with Gasteiger partial charge in [0.2, 0.25) is 0 Å². The number of carboxylic acid groups (broad SMARTS) is 1. The molecule has 0 aromatic carbocycles. The molecule has 0 rings (SSSR count). The molecule has 0 aliphatic carbocycles. The predicted molar refractivity (Wildman–Crippen MR) is 36.8 cm³/mol. The molecule has 0 heterocycles. The summed E-state index contributed by atoms with van der Waals surface area (Å²) in [7, 11) is 0. The summed E-state index contributed by atoms with van der Waals surface area (Å²) in [5.74, 6) is -0.711. The minimum atomic E-state index is -0.711. The van der Waals surface area contributed by atoms with E-state index in [0.29, 0.717) is 6.42 Å². The monoisotopic (exact) mass is 104 g/mol. The van der Waals surface area contributed by atoms with Gasteiger partial charge in [-0.15, -0.1) is 0 Å². The molecule has 0 aromatic rings. The summed E-state index contributed by atoms with van der Waals surface area (Å²) in [5.41, 5.74) is 0. The van der Waals surface area contributed by atoms with E-state index in [2.05, 4.69) is 0 Å². The first kappa shape index (κ1) is 15.9. The predicted octanol–water partition coefficient (Wildman–Crippen LogP) is -0.426. The molecular formula is C4H10Li2O2. The van der Waals surface area contributed by atoms with Crippen LogP contribution in [-0.2, 0) is 4.79 Å². The summed E-state index contributed by atoms with van der Waals surface area (Å²) in [6.07, 6.45) is 1.02. The number of aliphatic carboxylic acids is 1. The van der Waals surface area contributed by atoms with Crippen LogP contribution in [0.25, 0.3) is 0 Å². The Hall–Kier alpha value is 0.665. The average Bonchev–Trinajstić information content (AvgIpc) is 1.35. The molecule has 0 amide bonds. The van der Waals surface area contributed by atoms with Crippen molar-refractivity contribution in [3.8, 4) is 0 Å². The average molecular weight is 104 g/mol. The van der Waals surface area contributed by atoms with Gasteiger partial charge in [-0.2, -0.15) is 0 Å². The zero-order valence-electron chi connectivity index (χ0n) is 3.77. The molecule has 2 nitrogen and oxygen atoms in total. The van der Waals surface area contributed by atoms with Crippen LogP contribution in [0.15, 0.2) is 0 Å². The quantitative estimate of drug-likeness (QED) is 0.483. The van der Waals surface area contributed by atoms with Crippen LogP contribution >= 0.6 is 0 Å². The van der Waals surface area contributed by atoms with E-state index in [0.717, 1.165) is 6.42 Å². The molecular weight excluding hydrogens is 93.9 g/mol. The van der Waals surface area contributed by atoms with Gasteiger partial charge >= 0.3 is 43.7 Å². The van der Waals surface area contributed by atoms with Gasteiger partial charge in [-0.3, -0.25) is 4.79 Å². The van der Waals surface area contributed by atoms with Gasteiger partial charge in [0.25, 0.3) is 0 Å². The van der Waals surface area contributed by atoms with Gasteiger partial charge in [0.05, 0.1) is 0 Å². The summed E-state index contributed by atoms with van der Waals surface area (Å²) < 4.78 is 0. The molecule has 40 valence electrons. The number of rotatable bonds is 2. The van der Waals surface area contributed by atoms with Crippen LogP contribution in [0.2, 0.25) is 0 Å². The van der Waals surface area contributed by atoms with Gasteiger partial charge in [0.15, 0.2) is 0 Å². The molecule has 0 bridgehead atoms.